The summed E-state index contributed by atoms with van der Waals surface area (Å²) >= 11 is 3.33. The molecule has 0 saturated carbocycles. The standard InChI is InChI=1S/C11H10BrNO3/c1-2-15-11(14)10-9(13)7-5-6(12)3-4-8(7)16-10/h3-5H,2,13H2,1H3. The van der Waals surface area contributed by atoms with Crippen LogP contribution in [0.2, 0.25) is 0 Å². The summed E-state index contributed by atoms with van der Waals surface area (Å²) in [6, 6.07) is 5.37. The highest BCUT2D eigenvalue weighted by atomic mass is 79.9. The first-order chi connectivity index (χ1) is 7.63. The van der Waals surface area contributed by atoms with Crippen LogP contribution in [0.25, 0.3) is 11.0 Å². The number of rotatable bonds is 2. The summed E-state index contributed by atoms with van der Waals surface area (Å²) in [6.07, 6.45) is 0. The SMILES string of the molecule is CCOC(=O)c1oc2ccc(Br)cc2c1N. The second-order valence-electron chi connectivity index (χ2n) is 3.21. The van der Waals surface area contributed by atoms with E-state index in [1.807, 2.05) is 6.07 Å². The lowest BCUT2D eigenvalue weighted by atomic mass is 10.2. The number of anilines is 1. The number of nitrogens with two attached hydrogens (primary N) is 1. The molecule has 0 unspecified atom stereocenters. The second kappa shape index (κ2) is 4.17. The van der Waals surface area contributed by atoms with Crippen LogP contribution in [0.1, 0.15) is 17.5 Å². The zero-order chi connectivity index (χ0) is 11.7. The Bertz CT molecular complexity index is 547. The maximum absolute atomic E-state index is 11.5. The van der Waals surface area contributed by atoms with Crippen LogP contribution >= 0.6 is 15.9 Å². The first-order valence-corrected chi connectivity index (χ1v) is 5.57. The van der Waals surface area contributed by atoms with Gasteiger partial charge in [0.2, 0.25) is 5.76 Å². The highest BCUT2D eigenvalue weighted by Crippen LogP contribution is 2.30. The third kappa shape index (κ3) is 1.78. The molecule has 1 aromatic heterocycles. The molecular weight excluding hydrogens is 274 g/mol. The van der Waals surface area contributed by atoms with Crippen LogP contribution in [0.5, 0.6) is 0 Å². The molecule has 0 aliphatic heterocycles. The van der Waals surface area contributed by atoms with E-state index in [1.54, 1.807) is 19.1 Å². The predicted molar refractivity (Wildman–Crippen MR) is 64.3 cm³/mol. The van der Waals surface area contributed by atoms with Gasteiger partial charge < -0.3 is 14.9 Å². The Morgan fingerprint density at radius 3 is 3.00 bits per heavy atom. The number of nitrogen functional groups attached to an aromatic ring is 1. The van der Waals surface area contributed by atoms with Crippen molar-refractivity contribution in [2.24, 2.45) is 0 Å². The van der Waals surface area contributed by atoms with E-state index in [9.17, 15) is 4.79 Å². The molecule has 0 radical (unpaired) electrons. The van der Waals surface area contributed by atoms with Gasteiger partial charge in [0.15, 0.2) is 0 Å². The molecule has 5 heteroatoms. The molecule has 1 aromatic carbocycles. The molecule has 0 saturated heterocycles. The molecule has 4 nitrogen and oxygen atoms in total. The minimum absolute atomic E-state index is 0.0648. The number of fused-ring (bicyclic) bond motifs is 1. The molecule has 0 aliphatic carbocycles. The fraction of sp³-hybridized carbons (Fsp3) is 0.182. The summed E-state index contributed by atoms with van der Waals surface area (Å²) in [5.41, 5.74) is 6.71. The number of hydrogen-bond acceptors (Lipinski definition) is 4. The van der Waals surface area contributed by atoms with E-state index in [-0.39, 0.29) is 5.76 Å². The van der Waals surface area contributed by atoms with Crippen molar-refractivity contribution in [1.82, 2.24) is 0 Å². The number of halogens is 1. The largest absolute Gasteiger partial charge is 0.460 e. The second-order valence-corrected chi connectivity index (χ2v) is 4.12. The third-order valence-electron chi connectivity index (χ3n) is 2.15. The van der Waals surface area contributed by atoms with Crippen LogP contribution in [-0.2, 0) is 4.74 Å². The number of ether oxygens (including phenoxy) is 1. The maximum Gasteiger partial charge on any atom is 0.376 e. The van der Waals surface area contributed by atoms with Crippen LogP contribution in [0, 0.1) is 0 Å². The number of benzene rings is 1. The summed E-state index contributed by atoms with van der Waals surface area (Å²) in [7, 11) is 0. The van der Waals surface area contributed by atoms with Crippen molar-refractivity contribution in [2.45, 2.75) is 6.92 Å². The van der Waals surface area contributed by atoms with Gasteiger partial charge >= 0.3 is 5.97 Å². The molecule has 84 valence electrons. The Morgan fingerprint density at radius 1 is 1.56 bits per heavy atom. The van der Waals surface area contributed by atoms with Crippen LogP contribution < -0.4 is 5.73 Å². The minimum Gasteiger partial charge on any atom is -0.460 e. The molecule has 0 amide bonds. The van der Waals surface area contributed by atoms with Gasteiger partial charge in [-0.05, 0) is 25.1 Å². The molecule has 0 bridgehead atoms. The van der Waals surface area contributed by atoms with E-state index in [4.69, 9.17) is 14.9 Å². The number of esters is 1. The highest BCUT2D eigenvalue weighted by molar-refractivity contribution is 9.10. The summed E-state index contributed by atoms with van der Waals surface area (Å²) < 4.78 is 11.1. The first-order valence-electron chi connectivity index (χ1n) is 4.78. The molecule has 2 N–H and O–H groups in total. The molecule has 0 atom stereocenters. The summed E-state index contributed by atoms with van der Waals surface area (Å²) in [6.45, 7) is 2.02. The van der Waals surface area contributed by atoms with Gasteiger partial charge in [0.1, 0.15) is 5.58 Å². The van der Waals surface area contributed by atoms with Crippen molar-refractivity contribution >= 4 is 38.6 Å². The number of carbonyl (C=O) groups is 1. The lowest BCUT2D eigenvalue weighted by Crippen LogP contribution is -2.05. The zero-order valence-electron chi connectivity index (χ0n) is 8.62. The Hall–Kier alpha value is -1.49. The van der Waals surface area contributed by atoms with Crippen LogP contribution in [0.15, 0.2) is 27.1 Å². The quantitative estimate of drug-likeness (QED) is 0.861. The van der Waals surface area contributed by atoms with Crippen molar-refractivity contribution in [1.29, 1.82) is 0 Å². The highest BCUT2D eigenvalue weighted by Gasteiger charge is 2.19. The average molecular weight is 284 g/mol. The fourth-order valence-electron chi connectivity index (χ4n) is 1.44. The van der Waals surface area contributed by atoms with Gasteiger partial charge in [-0.25, -0.2) is 4.79 Å². The molecule has 0 fully saturated rings. The Kier molecular flexibility index (Phi) is 2.87. The van der Waals surface area contributed by atoms with Crippen LogP contribution in [0.4, 0.5) is 5.69 Å². The number of furan rings is 1. The first kappa shape index (κ1) is 11.0. The smallest absolute Gasteiger partial charge is 0.376 e. The topological polar surface area (TPSA) is 65.5 Å². The van der Waals surface area contributed by atoms with E-state index < -0.39 is 5.97 Å². The van der Waals surface area contributed by atoms with E-state index in [0.717, 1.165) is 4.47 Å². The van der Waals surface area contributed by atoms with Gasteiger partial charge in [-0.3, -0.25) is 0 Å². The molecule has 2 aromatic rings. The summed E-state index contributed by atoms with van der Waals surface area (Å²) in [5.74, 6) is -0.470. The lowest BCUT2D eigenvalue weighted by Gasteiger charge is -1.97. The summed E-state index contributed by atoms with van der Waals surface area (Å²) in [5, 5.41) is 0.706. The fourth-order valence-corrected chi connectivity index (χ4v) is 1.80. The normalized spacial score (nSPS) is 10.6. The van der Waals surface area contributed by atoms with Crippen LogP contribution in [0.3, 0.4) is 0 Å². The van der Waals surface area contributed by atoms with E-state index in [2.05, 4.69) is 15.9 Å². The number of hydrogen-bond donors (Lipinski definition) is 1. The molecule has 2 rings (SSSR count). The van der Waals surface area contributed by atoms with Crippen molar-refractivity contribution in [3.63, 3.8) is 0 Å². The monoisotopic (exact) mass is 283 g/mol. The van der Waals surface area contributed by atoms with E-state index in [0.29, 0.717) is 23.3 Å². The predicted octanol–water partition coefficient (Wildman–Crippen LogP) is 2.95. The van der Waals surface area contributed by atoms with Crippen molar-refractivity contribution in [3.8, 4) is 0 Å². The van der Waals surface area contributed by atoms with Gasteiger partial charge in [-0.1, -0.05) is 15.9 Å². The van der Waals surface area contributed by atoms with E-state index >= 15 is 0 Å². The Labute approximate surface area is 100 Å². The zero-order valence-corrected chi connectivity index (χ0v) is 10.2. The van der Waals surface area contributed by atoms with Crippen molar-refractivity contribution in [2.75, 3.05) is 12.3 Å². The van der Waals surface area contributed by atoms with E-state index in [1.165, 1.54) is 0 Å². The number of carbonyl (C=O) groups excluding carboxylic acids is 1. The Morgan fingerprint density at radius 2 is 2.31 bits per heavy atom. The van der Waals surface area contributed by atoms with Crippen molar-refractivity contribution in [3.05, 3.63) is 28.4 Å². The third-order valence-corrected chi connectivity index (χ3v) is 2.64. The maximum atomic E-state index is 11.5. The minimum atomic E-state index is -0.535. The lowest BCUT2D eigenvalue weighted by molar-refractivity contribution is 0.0494. The molecule has 1 heterocycles. The van der Waals surface area contributed by atoms with Gasteiger partial charge in [-0.2, -0.15) is 0 Å². The van der Waals surface area contributed by atoms with Gasteiger partial charge in [-0.15, -0.1) is 0 Å². The van der Waals surface area contributed by atoms with Crippen LogP contribution in [-0.4, -0.2) is 12.6 Å². The molecule has 0 spiro atoms. The molecule has 0 aliphatic rings. The van der Waals surface area contributed by atoms with Crippen molar-refractivity contribution < 1.29 is 13.9 Å². The van der Waals surface area contributed by atoms with Gasteiger partial charge in [0.05, 0.1) is 12.3 Å². The molecule has 16 heavy (non-hydrogen) atoms. The van der Waals surface area contributed by atoms with Gasteiger partial charge in [0, 0.05) is 9.86 Å². The molecular formula is C11H10BrNO3. The summed E-state index contributed by atoms with van der Waals surface area (Å²) in [4.78, 5) is 11.5. The van der Waals surface area contributed by atoms with Gasteiger partial charge in [0.25, 0.3) is 0 Å². The Balaban J connectivity index is 2.56. The average Bonchev–Trinajstić information content (AvgIpc) is 2.57.